The first-order chi connectivity index (χ1) is 19.8. The highest BCUT2D eigenvalue weighted by Crippen LogP contribution is 2.53. The molecule has 42 heavy (non-hydrogen) atoms. The van der Waals surface area contributed by atoms with E-state index in [1.807, 2.05) is 0 Å². The van der Waals surface area contributed by atoms with Gasteiger partial charge in [-0.05, 0) is 62.3 Å². The summed E-state index contributed by atoms with van der Waals surface area (Å²) in [7, 11) is 0. The number of hydrogen-bond donors (Lipinski definition) is 4. The largest absolute Gasteiger partial charge is 0.390 e. The smallest absolute Gasteiger partial charge is 0.237 e. The van der Waals surface area contributed by atoms with Crippen LogP contribution in [0.25, 0.3) is 0 Å². The molecule has 2 fully saturated rings. The van der Waals surface area contributed by atoms with Crippen LogP contribution < -0.4 is 10.6 Å². The average Bonchev–Trinajstić information content (AvgIpc) is 3.25. The van der Waals surface area contributed by atoms with Crippen molar-refractivity contribution in [2.24, 2.45) is 11.8 Å². The minimum Gasteiger partial charge on any atom is -0.390 e. The summed E-state index contributed by atoms with van der Waals surface area (Å²) in [6.45, 7) is 5.12. The van der Waals surface area contributed by atoms with Crippen LogP contribution in [0.5, 0.6) is 0 Å². The second kappa shape index (κ2) is 13.2. The average molecular weight is 623 g/mol. The highest BCUT2D eigenvalue weighted by atomic mass is 35.5. The van der Waals surface area contributed by atoms with E-state index in [4.69, 9.17) is 23.2 Å². The van der Waals surface area contributed by atoms with Crippen molar-refractivity contribution in [2.75, 3.05) is 6.54 Å². The van der Waals surface area contributed by atoms with Crippen LogP contribution in [0.1, 0.15) is 76.3 Å². The summed E-state index contributed by atoms with van der Waals surface area (Å²) in [5, 5.41) is 37.5. The number of halogens is 4. The second-order valence-corrected chi connectivity index (χ2v) is 13.3. The second-order valence-electron chi connectivity index (χ2n) is 12.4. The van der Waals surface area contributed by atoms with Crippen molar-refractivity contribution in [2.45, 2.75) is 94.4 Å². The molecule has 10 heteroatoms. The van der Waals surface area contributed by atoms with Crippen molar-refractivity contribution < 1.29 is 23.8 Å². The van der Waals surface area contributed by atoms with E-state index in [0.717, 1.165) is 31.7 Å². The number of rotatable bonds is 9. The number of aliphatic hydroxyl groups is 2. The van der Waals surface area contributed by atoms with E-state index in [9.17, 15) is 20.3 Å². The molecule has 0 bridgehead atoms. The van der Waals surface area contributed by atoms with Gasteiger partial charge in [0.25, 0.3) is 0 Å². The standard InChI is InChI=1S/C32H39Cl2F2N3O3/c1-18-7-4-5-8-19(18)15-25-32(17-37,22-12-11-20(33)16-24(22)35)27(21-9-6-10-23(34)28(21)36)29(39-25)30(41)38-14-13-26(40)31(2,3)42/h6,9-12,16,18-19,25-27,29,39-40,42H,4-5,7-8,13-15H2,1-3H3,(H,38,41)/t18?,19?,25-,26-,27-,29+,32-/m0/s1. The van der Waals surface area contributed by atoms with Crippen LogP contribution in [0.3, 0.4) is 0 Å². The molecule has 2 aromatic rings. The van der Waals surface area contributed by atoms with E-state index in [-0.39, 0.29) is 40.1 Å². The fraction of sp³-hybridized carbons (Fsp3) is 0.562. The van der Waals surface area contributed by atoms with Crippen molar-refractivity contribution in [3.63, 3.8) is 0 Å². The zero-order chi connectivity index (χ0) is 30.8. The summed E-state index contributed by atoms with van der Waals surface area (Å²) in [6, 6.07) is 9.04. The molecule has 1 saturated heterocycles. The van der Waals surface area contributed by atoms with Crippen molar-refractivity contribution in [3.05, 3.63) is 69.2 Å². The van der Waals surface area contributed by atoms with E-state index in [1.54, 1.807) is 6.07 Å². The number of carbonyl (C=O) groups is 1. The number of nitrogens with zero attached hydrogens (tertiary/aromatic N) is 1. The van der Waals surface area contributed by atoms with Gasteiger partial charge in [0.15, 0.2) is 0 Å². The molecule has 228 valence electrons. The van der Waals surface area contributed by atoms with Crippen LogP contribution >= 0.6 is 23.2 Å². The Bertz CT molecular complexity index is 1330. The molecule has 7 atom stereocenters. The lowest BCUT2D eigenvalue weighted by Gasteiger charge is -2.38. The predicted molar refractivity (Wildman–Crippen MR) is 159 cm³/mol. The van der Waals surface area contributed by atoms with Gasteiger partial charge in [-0.3, -0.25) is 4.79 Å². The topological polar surface area (TPSA) is 105 Å². The Labute approximate surface area is 256 Å². The Balaban J connectivity index is 1.84. The molecule has 0 spiro atoms. The maximum Gasteiger partial charge on any atom is 0.237 e. The Morgan fingerprint density at radius 3 is 2.60 bits per heavy atom. The number of aliphatic hydroxyl groups excluding tert-OH is 1. The van der Waals surface area contributed by atoms with Gasteiger partial charge >= 0.3 is 0 Å². The fourth-order valence-electron chi connectivity index (χ4n) is 6.82. The maximum absolute atomic E-state index is 15.8. The number of hydrogen-bond acceptors (Lipinski definition) is 5. The molecule has 1 amide bonds. The van der Waals surface area contributed by atoms with Gasteiger partial charge in [-0.1, -0.05) is 74.0 Å². The lowest BCUT2D eigenvalue weighted by Crippen LogP contribution is -2.47. The van der Waals surface area contributed by atoms with E-state index in [0.29, 0.717) is 12.3 Å². The van der Waals surface area contributed by atoms with Gasteiger partial charge in [-0.15, -0.1) is 0 Å². The van der Waals surface area contributed by atoms with Gasteiger partial charge in [0, 0.05) is 29.1 Å². The molecular formula is C32H39Cl2F2N3O3. The monoisotopic (exact) mass is 621 g/mol. The normalized spacial score (nSPS) is 28.7. The molecule has 2 unspecified atom stereocenters. The minimum atomic E-state index is -1.69. The third-order valence-electron chi connectivity index (χ3n) is 9.28. The van der Waals surface area contributed by atoms with Crippen molar-refractivity contribution >= 4 is 29.1 Å². The van der Waals surface area contributed by atoms with Crippen molar-refractivity contribution in [1.29, 1.82) is 5.26 Å². The van der Waals surface area contributed by atoms with Crippen LogP contribution in [-0.2, 0) is 10.2 Å². The van der Waals surface area contributed by atoms with Crippen LogP contribution in [-0.4, -0.2) is 46.5 Å². The number of benzene rings is 2. The lowest BCUT2D eigenvalue weighted by molar-refractivity contribution is -0.123. The van der Waals surface area contributed by atoms with Crippen LogP contribution in [0.4, 0.5) is 8.78 Å². The van der Waals surface area contributed by atoms with Gasteiger partial charge < -0.3 is 20.8 Å². The SMILES string of the molecule is CC1CCCCC1C[C@@H]1N[C@@H](C(=O)NCC[C@H](O)C(C)(C)O)[C@H](c2cccc(Cl)c2F)[C@@]1(C#N)c1ccc(Cl)cc1F. The first kappa shape index (κ1) is 32.6. The summed E-state index contributed by atoms with van der Waals surface area (Å²) in [5.41, 5.74) is -2.99. The molecule has 2 aliphatic rings. The summed E-state index contributed by atoms with van der Waals surface area (Å²) in [4.78, 5) is 13.8. The highest BCUT2D eigenvalue weighted by Gasteiger charge is 2.61. The molecule has 1 heterocycles. The molecule has 6 nitrogen and oxygen atoms in total. The van der Waals surface area contributed by atoms with Gasteiger partial charge in [0.1, 0.15) is 17.0 Å². The fourth-order valence-corrected chi connectivity index (χ4v) is 7.16. The van der Waals surface area contributed by atoms with Crippen LogP contribution in [0, 0.1) is 34.8 Å². The number of amides is 1. The Morgan fingerprint density at radius 1 is 1.24 bits per heavy atom. The van der Waals surface area contributed by atoms with Gasteiger partial charge in [-0.25, -0.2) is 8.78 Å². The molecule has 1 aliphatic carbocycles. The summed E-state index contributed by atoms with van der Waals surface area (Å²) in [6.07, 6.45) is 3.57. The molecule has 1 aliphatic heterocycles. The zero-order valence-electron chi connectivity index (χ0n) is 24.1. The molecular weight excluding hydrogens is 583 g/mol. The molecule has 0 aromatic heterocycles. The minimum absolute atomic E-state index is 0.0199. The predicted octanol–water partition coefficient (Wildman–Crippen LogP) is 6.01. The number of nitriles is 1. The third kappa shape index (κ3) is 6.46. The van der Waals surface area contributed by atoms with E-state index in [1.165, 1.54) is 38.1 Å². The molecule has 4 N–H and O–H groups in total. The third-order valence-corrected chi connectivity index (χ3v) is 9.80. The summed E-state index contributed by atoms with van der Waals surface area (Å²) in [5.74, 6) is -2.59. The lowest BCUT2D eigenvalue weighted by atomic mass is 9.62. The zero-order valence-corrected chi connectivity index (χ0v) is 25.7. The highest BCUT2D eigenvalue weighted by molar-refractivity contribution is 6.31. The summed E-state index contributed by atoms with van der Waals surface area (Å²) >= 11 is 12.3. The maximum atomic E-state index is 15.8. The van der Waals surface area contributed by atoms with Crippen LogP contribution in [0.2, 0.25) is 10.0 Å². The van der Waals surface area contributed by atoms with E-state index in [2.05, 4.69) is 23.6 Å². The molecule has 4 rings (SSSR count). The summed E-state index contributed by atoms with van der Waals surface area (Å²) < 4.78 is 31.6. The van der Waals surface area contributed by atoms with Crippen molar-refractivity contribution in [3.8, 4) is 6.07 Å². The van der Waals surface area contributed by atoms with Crippen molar-refractivity contribution in [1.82, 2.24) is 10.6 Å². The molecule has 1 saturated carbocycles. The Hall–Kier alpha value is -2.28. The van der Waals surface area contributed by atoms with E-state index < -0.39 is 52.7 Å². The molecule has 0 radical (unpaired) electrons. The van der Waals surface area contributed by atoms with Gasteiger partial charge in [0.05, 0.1) is 28.8 Å². The Morgan fingerprint density at radius 2 is 1.95 bits per heavy atom. The number of nitrogens with one attached hydrogen (secondary N) is 2. The van der Waals surface area contributed by atoms with Crippen LogP contribution in [0.15, 0.2) is 36.4 Å². The first-order valence-corrected chi connectivity index (χ1v) is 15.3. The quantitative estimate of drug-likeness (QED) is 0.274. The molecule has 2 aromatic carbocycles. The van der Waals surface area contributed by atoms with E-state index >= 15 is 8.78 Å². The number of carbonyl (C=O) groups excluding carboxylic acids is 1. The van der Waals surface area contributed by atoms with Gasteiger partial charge in [0.2, 0.25) is 5.91 Å². The van der Waals surface area contributed by atoms with Gasteiger partial charge in [-0.2, -0.15) is 5.26 Å². The Kier molecular flexibility index (Phi) is 10.2. The first-order valence-electron chi connectivity index (χ1n) is 14.6.